The number of hydrazine groups is 2. The number of Topliss-reactive ketones (excluding diaryl/α,β-unsaturated/α-hetero) is 1. The molecule has 2 N–H and O–H groups in total. The van der Waals surface area contributed by atoms with E-state index in [9.17, 15) is 4.79 Å². The number of nitrogens with one attached hydrogen (secondary N) is 2. The first-order valence-electron chi connectivity index (χ1n) is 7.21. The van der Waals surface area contributed by atoms with Crippen molar-refractivity contribution in [2.45, 2.75) is 13.5 Å². The standard InChI is InChI=1S/C16H17N5O2/c1-12(22)14-7-8-16(17-9-14)23-11-15-18-19-20-21(15)10-13-5-3-2-4-6-13/h2-9,19-20H,10-11H2,1H3. The van der Waals surface area contributed by atoms with Crippen LogP contribution in [0.5, 0.6) is 5.88 Å². The summed E-state index contributed by atoms with van der Waals surface area (Å²) in [5.41, 5.74) is 7.38. The Bertz CT molecular complexity index is 700. The average molecular weight is 311 g/mol. The maximum Gasteiger partial charge on any atom is 0.213 e. The molecule has 0 atom stereocenters. The van der Waals surface area contributed by atoms with Crippen LogP contribution in [0.3, 0.4) is 0 Å². The second kappa shape index (κ2) is 6.89. The van der Waals surface area contributed by atoms with Gasteiger partial charge in [-0.2, -0.15) is 0 Å². The molecule has 0 bridgehead atoms. The summed E-state index contributed by atoms with van der Waals surface area (Å²) in [4.78, 5) is 15.3. The Hall–Kier alpha value is -2.93. The lowest BCUT2D eigenvalue weighted by atomic mass is 10.2. The van der Waals surface area contributed by atoms with Gasteiger partial charge in [-0.25, -0.2) is 10.5 Å². The largest absolute Gasteiger partial charge is 0.469 e. The first-order chi connectivity index (χ1) is 11.2. The number of ether oxygens (including phenoxy) is 1. The molecule has 1 aromatic heterocycles. The van der Waals surface area contributed by atoms with E-state index in [0.29, 0.717) is 23.8 Å². The molecule has 7 nitrogen and oxygen atoms in total. The van der Waals surface area contributed by atoms with E-state index >= 15 is 0 Å². The van der Waals surface area contributed by atoms with E-state index in [4.69, 9.17) is 4.74 Å². The van der Waals surface area contributed by atoms with Crippen molar-refractivity contribution in [1.82, 2.24) is 21.1 Å². The lowest BCUT2D eigenvalue weighted by Crippen LogP contribution is -2.42. The third-order valence-corrected chi connectivity index (χ3v) is 3.36. The van der Waals surface area contributed by atoms with Crippen molar-refractivity contribution in [3.05, 3.63) is 59.8 Å². The van der Waals surface area contributed by atoms with Crippen molar-refractivity contribution in [2.24, 2.45) is 5.10 Å². The molecule has 0 fully saturated rings. The van der Waals surface area contributed by atoms with Crippen molar-refractivity contribution < 1.29 is 9.53 Å². The number of hydrogen-bond acceptors (Lipinski definition) is 7. The molecule has 23 heavy (non-hydrogen) atoms. The highest BCUT2D eigenvalue weighted by molar-refractivity contribution is 5.93. The van der Waals surface area contributed by atoms with Crippen molar-refractivity contribution >= 4 is 11.6 Å². The molecule has 2 aromatic rings. The van der Waals surface area contributed by atoms with Crippen molar-refractivity contribution in [3.8, 4) is 5.88 Å². The Morgan fingerprint density at radius 2 is 2.04 bits per heavy atom. The van der Waals surface area contributed by atoms with Gasteiger partial charge in [-0.1, -0.05) is 30.3 Å². The number of benzene rings is 1. The molecule has 1 aliphatic heterocycles. The maximum atomic E-state index is 11.2. The van der Waals surface area contributed by atoms with E-state index < -0.39 is 0 Å². The van der Waals surface area contributed by atoms with Crippen LogP contribution >= 0.6 is 0 Å². The fraction of sp³-hybridized carbons (Fsp3) is 0.188. The monoisotopic (exact) mass is 311 g/mol. The highest BCUT2D eigenvalue weighted by Gasteiger charge is 2.17. The van der Waals surface area contributed by atoms with Gasteiger partial charge in [0, 0.05) is 17.8 Å². The van der Waals surface area contributed by atoms with E-state index in [0.717, 1.165) is 5.56 Å². The molecule has 0 amide bonds. The molecule has 0 radical (unpaired) electrons. The molecule has 0 saturated carbocycles. The molecule has 0 aliphatic carbocycles. The quantitative estimate of drug-likeness (QED) is 0.787. The summed E-state index contributed by atoms with van der Waals surface area (Å²) in [5, 5.41) is 6.01. The van der Waals surface area contributed by atoms with Crippen LogP contribution in [0.25, 0.3) is 0 Å². The van der Waals surface area contributed by atoms with Gasteiger partial charge in [0.1, 0.15) is 0 Å². The van der Waals surface area contributed by atoms with E-state index in [2.05, 4.69) is 21.2 Å². The van der Waals surface area contributed by atoms with Crippen LogP contribution in [-0.2, 0) is 6.54 Å². The number of pyridine rings is 1. The number of amidine groups is 1. The van der Waals surface area contributed by atoms with Crippen LogP contribution in [0.2, 0.25) is 0 Å². The van der Waals surface area contributed by atoms with Crippen LogP contribution in [0.15, 0.2) is 53.8 Å². The Morgan fingerprint density at radius 3 is 2.74 bits per heavy atom. The molecule has 118 valence electrons. The minimum atomic E-state index is -0.0216. The van der Waals surface area contributed by atoms with E-state index in [1.807, 2.05) is 35.3 Å². The molecular weight excluding hydrogens is 294 g/mol. The number of rotatable bonds is 6. The van der Waals surface area contributed by atoms with Gasteiger partial charge in [0.15, 0.2) is 18.2 Å². The SMILES string of the molecule is CC(=O)c1ccc(OCC2=NNNN2Cc2ccccc2)nc1. The summed E-state index contributed by atoms with van der Waals surface area (Å²) in [7, 11) is 0. The number of nitrogens with zero attached hydrogens (tertiary/aromatic N) is 3. The van der Waals surface area contributed by atoms with Gasteiger partial charge in [-0.15, -0.1) is 10.6 Å². The fourth-order valence-corrected chi connectivity index (χ4v) is 2.09. The van der Waals surface area contributed by atoms with Crippen LogP contribution < -0.4 is 15.8 Å². The summed E-state index contributed by atoms with van der Waals surface area (Å²) in [5.74, 6) is 1.14. The molecule has 7 heteroatoms. The minimum absolute atomic E-state index is 0.0216. The number of aromatic nitrogens is 1. The maximum absolute atomic E-state index is 11.2. The van der Waals surface area contributed by atoms with Crippen molar-refractivity contribution in [2.75, 3.05) is 6.61 Å². The number of hydrazone groups is 1. The smallest absolute Gasteiger partial charge is 0.213 e. The van der Waals surface area contributed by atoms with Crippen LogP contribution in [-0.4, -0.2) is 28.2 Å². The molecular formula is C16H17N5O2. The molecule has 0 spiro atoms. The average Bonchev–Trinajstić information content (AvgIpc) is 3.01. The second-order valence-electron chi connectivity index (χ2n) is 5.05. The van der Waals surface area contributed by atoms with E-state index in [1.165, 1.54) is 13.1 Å². The van der Waals surface area contributed by atoms with Gasteiger partial charge in [0.2, 0.25) is 5.88 Å². The van der Waals surface area contributed by atoms with Gasteiger partial charge in [0.05, 0.1) is 6.54 Å². The Kier molecular flexibility index (Phi) is 4.49. The fourth-order valence-electron chi connectivity index (χ4n) is 2.09. The Labute approximate surface area is 133 Å². The molecule has 1 aliphatic rings. The van der Waals surface area contributed by atoms with Crippen LogP contribution in [0.4, 0.5) is 0 Å². The van der Waals surface area contributed by atoms with Gasteiger partial charge in [-0.3, -0.25) is 9.80 Å². The van der Waals surface area contributed by atoms with Gasteiger partial charge >= 0.3 is 0 Å². The summed E-state index contributed by atoms with van der Waals surface area (Å²) in [6.45, 7) is 2.43. The predicted molar refractivity (Wildman–Crippen MR) is 85.4 cm³/mol. The topological polar surface area (TPSA) is 78.8 Å². The number of hydrogen-bond donors (Lipinski definition) is 2. The summed E-state index contributed by atoms with van der Waals surface area (Å²) in [6.07, 6.45) is 1.51. The third kappa shape index (κ3) is 3.83. The first kappa shape index (κ1) is 15.0. The zero-order valence-electron chi connectivity index (χ0n) is 12.7. The molecule has 0 unspecified atom stereocenters. The van der Waals surface area contributed by atoms with Crippen LogP contribution in [0, 0.1) is 0 Å². The summed E-state index contributed by atoms with van der Waals surface area (Å²) in [6, 6.07) is 13.4. The highest BCUT2D eigenvalue weighted by atomic mass is 16.5. The Morgan fingerprint density at radius 1 is 1.22 bits per heavy atom. The first-order valence-corrected chi connectivity index (χ1v) is 7.21. The number of carbonyl (C=O) groups is 1. The lowest BCUT2D eigenvalue weighted by molar-refractivity contribution is 0.101. The molecule has 1 aromatic carbocycles. The predicted octanol–water partition coefficient (Wildman–Crippen LogP) is 1.50. The second-order valence-corrected chi connectivity index (χ2v) is 5.05. The summed E-state index contributed by atoms with van der Waals surface area (Å²) < 4.78 is 5.62. The molecule has 0 saturated heterocycles. The highest BCUT2D eigenvalue weighted by Crippen LogP contribution is 2.10. The lowest BCUT2D eigenvalue weighted by Gasteiger charge is -2.19. The van der Waals surface area contributed by atoms with Crippen LogP contribution in [0.1, 0.15) is 22.8 Å². The number of carbonyl (C=O) groups excluding carboxylic acids is 1. The van der Waals surface area contributed by atoms with E-state index in [-0.39, 0.29) is 12.4 Å². The number of ketones is 1. The van der Waals surface area contributed by atoms with Crippen molar-refractivity contribution in [3.63, 3.8) is 0 Å². The van der Waals surface area contributed by atoms with E-state index in [1.54, 1.807) is 12.1 Å². The molecule has 3 rings (SSSR count). The zero-order valence-corrected chi connectivity index (χ0v) is 12.7. The van der Waals surface area contributed by atoms with Gasteiger partial charge in [0.25, 0.3) is 0 Å². The van der Waals surface area contributed by atoms with Gasteiger partial charge in [-0.05, 0) is 18.6 Å². The minimum Gasteiger partial charge on any atom is -0.469 e. The molecule has 2 heterocycles. The van der Waals surface area contributed by atoms with Gasteiger partial charge < -0.3 is 4.74 Å². The summed E-state index contributed by atoms with van der Waals surface area (Å²) >= 11 is 0. The Balaban J connectivity index is 1.57. The zero-order chi connectivity index (χ0) is 16.1. The van der Waals surface area contributed by atoms with Crippen molar-refractivity contribution in [1.29, 1.82) is 0 Å². The third-order valence-electron chi connectivity index (χ3n) is 3.36. The normalized spacial score (nSPS) is 13.4.